The van der Waals surface area contributed by atoms with Crippen molar-refractivity contribution in [1.82, 2.24) is 31.9 Å². The first-order valence-electron chi connectivity index (χ1n) is 77.3. The Morgan fingerprint density at radius 3 is 0.861 bits per heavy atom. The fraction of sp³-hybridized carbons (Fsp3) is 0.368. The first-order valence-corrected chi connectivity index (χ1v) is 42.8. The van der Waals surface area contributed by atoms with E-state index in [-0.39, 0.29) is 123 Å². The molecule has 24 rings (SSSR count). The van der Waals surface area contributed by atoms with Gasteiger partial charge in [-0.15, -0.1) is 0 Å². The highest BCUT2D eigenvalue weighted by atomic mass is 19.1. The summed E-state index contributed by atoms with van der Waals surface area (Å²) in [5, 5.41) is 13.8. The van der Waals surface area contributed by atoms with Gasteiger partial charge in [0.25, 0.3) is 0 Å². The Hall–Kier alpha value is -13.6. The predicted octanol–water partition coefficient (Wildman–Crippen LogP) is 20.0. The number of fused-ring (bicyclic) bond motifs is 6. The number of piperidine rings is 6. The van der Waals surface area contributed by atoms with Crippen LogP contribution in [0.3, 0.4) is 0 Å². The van der Waals surface area contributed by atoms with Crippen LogP contribution < -0.4 is 117 Å². The third-order valence-corrected chi connectivity index (χ3v) is 21.2. The molecule has 12 aliphatic rings. The molecule has 24 nitrogen and oxygen atoms in total. The molecule has 6 saturated heterocycles. The molecule has 144 heavy (non-hydrogen) atoms. The van der Waals surface area contributed by atoms with E-state index in [1.54, 1.807) is 0 Å². The van der Waals surface area contributed by atoms with Crippen LogP contribution in [0.25, 0.3) is 0 Å². The second-order valence-corrected chi connectivity index (χ2v) is 30.5. The van der Waals surface area contributed by atoms with E-state index in [4.69, 9.17) is 180 Å². The summed E-state index contributed by atoms with van der Waals surface area (Å²) in [4.78, 5) is 0. The molecule has 0 radical (unpaired) electrons. The fourth-order valence-corrected chi connectivity index (χ4v) is 14.0. The molecule has 0 spiro atoms. The summed E-state index contributed by atoms with van der Waals surface area (Å²) in [6, 6.07) is -1.34. The molecule has 0 saturated carbocycles. The van der Waals surface area contributed by atoms with Crippen molar-refractivity contribution >= 4 is 0 Å². The van der Waals surface area contributed by atoms with Gasteiger partial charge in [-0.1, -0.05) is 72.5 Å². The lowest BCUT2D eigenvalue weighted by molar-refractivity contribution is 0.173. The Morgan fingerprint density at radius 1 is 0.243 bits per heavy atom. The van der Waals surface area contributed by atoms with Crippen LogP contribution in [0, 0.1) is 70.3 Å². The fourth-order valence-electron chi connectivity index (χ4n) is 14.0. The van der Waals surface area contributed by atoms with Crippen LogP contribution >= 0.6 is 0 Å². The Bertz CT molecular complexity index is 9980. The van der Waals surface area contributed by atoms with Crippen molar-refractivity contribution in [1.29, 1.82) is 0 Å². The zero-order valence-corrected chi connectivity index (χ0v) is 73.6. The second kappa shape index (κ2) is 49.1. The van der Waals surface area contributed by atoms with Crippen molar-refractivity contribution < 1.29 is 206 Å². The van der Waals surface area contributed by atoms with E-state index in [1.807, 2.05) is 0 Å². The van der Waals surface area contributed by atoms with Crippen LogP contribution in [0.2, 0.25) is 0 Å². The van der Waals surface area contributed by atoms with Crippen molar-refractivity contribution in [2.24, 2.45) is 35.4 Å². The summed E-state index contributed by atoms with van der Waals surface area (Å²) >= 11 is 0. The van der Waals surface area contributed by atoms with E-state index in [0.29, 0.717) is 0 Å². The molecule has 6 fully saturated rings. The third-order valence-electron chi connectivity index (χ3n) is 21.2. The van der Waals surface area contributed by atoms with Gasteiger partial charge in [-0.25, -0.2) is 26.3 Å². The number of hydrogen-bond donors (Lipinski definition) is 6. The third kappa shape index (κ3) is 26.5. The standard InChI is InChI=1S/6C19H20FNO3/c6*20-15-3-1-13(2-4-15)17-7-8-21-10-14(17)11-22-16-5-6-18-19(9-16)24-12-23-18/h6*1-6,9,14,17,21H,7-8,10-12H2/t6*14?,17-/m000000/s1/i1D,2D,3D,4D,7D2,8D2,12D2,14D,17D;1D,2D,3D,4D,7D2,8D2,11D2,12D2,14D;1D,2D,3D,4D,7D2,8D2,12D2,17D;1D,2D,3D,4D,7D2,8D2,12D2,14D;1D,2D,3D,4D,7D2,8D2,11D2,12D2;1D,2D,3D,4D,7D2,8D2,12D2. The summed E-state index contributed by atoms with van der Waals surface area (Å²) < 4.78 is 739. The van der Waals surface area contributed by atoms with E-state index >= 15 is 0 Å². The minimum atomic E-state index is -3.34. The molecule has 756 valence electrons. The smallest absolute Gasteiger partial charge is 0.231 e. The summed E-state index contributed by atoms with van der Waals surface area (Å²) in [5.74, 6) is -33.2. The van der Waals surface area contributed by atoms with E-state index < -0.39 is 461 Å². The molecular weight excluding hydrogens is 1860 g/mol. The molecule has 12 aromatic rings. The Morgan fingerprint density at radius 2 is 0.486 bits per heavy atom. The molecule has 0 bridgehead atoms. The average molecular weight is 2050 g/mol. The van der Waals surface area contributed by atoms with Crippen molar-refractivity contribution in [3.8, 4) is 103 Å². The van der Waals surface area contributed by atoms with Crippen LogP contribution in [0.1, 0.15) is 202 Å². The number of benzene rings is 12. The minimum absolute atomic E-state index is 0.00293. The van der Waals surface area contributed by atoms with Gasteiger partial charge in [0, 0.05) is 151 Å². The maximum atomic E-state index is 14.2. The van der Waals surface area contributed by atoms with Crippen LogP contribution in [0.5, 0.6) is 103 Å². The lowest BCUT2D eigenvalue weighted by Gasteiger charge is -2.32. The number of hydrogen-bond acceptors (Lipinski definition) is 24. The molecule has 12 atom stereocenters. The molecule has 12 aromatic carbocycles. The van der Waals surface area contributed by atoms with Gasteiger partial charge in [-0.05, 0) is 291 Å². The number of ether oxygens (including phenoxy) is 18. The van der Waals surface area contributed by atoms with Gasteiger partial charge in [0.2, 0.25) is 40.5 Å². The molecule has 6 N–H and O–H groups in total. The predicted molar refractivity (Wildman–Crippen MR) is 529 cm³/mol. The highest BCUT2D eigenvalue weighted by Gasteiger charge is 2.35. The Kier molecular flexibility index (Phi) is 15.8. The van der Waals surface area contributed by atoms with E-state index in [9.17, 15) is 26.3 Å². The van der Waals surface area contributed by atoms with Gasteiger partial charge < -0.3 is 117 Å². The lowest BCUT2D eigenvalue weighted by Crippen LogP contribution is -2.38. The quantitative estimate of drug-likeness (QED) is 0.0308. The van der Waals surface area contributed by atoms with Gasteiger partial charge in [0.1, 0.15) is 85.8 Å². The number of rotatable bonds is 24. The van der Waals surface area contributed by atoms with Crippen molar-refractivity contribution in [3.05, 3.63) is 322 Å². The first-order chi connectivity index (χ1) is 97.2. The molecule has 30 heteroatoms. The molecule has 0 aromatic heterocycles. The van der Waals surface area contributed by atoms with Crippen molar-refractivity contribution in [2.45, 2.75) is 73.7 Å². The van der Waals surface area contributed by atoms with Crippen LogP contribution in [-0.2, 0) is 0 Å². The van der Waals surface area contributed by atoms with E-state index in [1.165, 1.54) is 91.0 Å². The van der Waals surface area contributed by atoms with Crippen LogP contribution in [-0.4, -0.2) is 158 Å². The average Bonchev–Trinajstić information content (AvgIpc) is 1.16. The minimum Gasteiger partial charge on any atom is -0.493 e. The summed E-state index contributed by atoms with van der Waals surface area (Å²) in [5.41, 5.74) is -4.39. The molecule has 0 aliphatic carbocycles. The van der Waals surface area contributed by atoms with Gasteiger partial charge >= 0.3 is 0 Å². The highest BCUT2D eigenvalue weighted by Crippen LogP contribution is 2.45. The SMILES string of the molecule is [2H]c1c([2H])c([C@@H]2C([2H])([2H])C([2H])([2H])NCC2([2H])C([2H])([2H])Oc2ccc3c(c2)OC([2H])([2H])O3)c([2H])c([2H])c1F.[2H]c1c([2H])c([C@@]2([2H])C(COc3ccc4c(c3)OC([2H])([2H])O4)CNC([2H])([2H])C2([2H])[2H])c([2H])c([2H])c1F.[2H]c1c([2H])c([C@@]2([2H])C([2H])(COc3ccc4c(c3)OC([2H])([2H])O4)CNC([2H])([2H])C2([2H])[2H])c([2H])c([2H])c1F.[2H]c1c([2H])c([C@H]2C(C([2H])([2H])Oc3ccc4c(c3)OC([2H])([2H])O4)CNC([2H])([2H])C2([2H])[2H])c([2H])c([2H])c1F.[2H]c1c([2H])c([C@H]2C(COc3ccc4c(c3)OC([2H])([2H])O4)CNC([2H])([2H])C2([2H])[2H])c([2H])c([2H])c1F.[2H]c1c([2H])c([C@H]2C([2H])(COc3ccc4c(c3)OC([2H])([2H])O4)CNC([2H])([2H])C2([2H])[2H])c([2H])c([2H])c1F. The zero-order chi connectivity index (χ0) is 159. The van der Waals surface area contributed by atoms with Crippen molar-refractivity contribution in [2.75, 3.05) is 158 Å². The van der Waals surface area contributed by atoms with E-state index in [2.05, 4.69) is 31.9 Å². The molecule has 0 amide bonds. The monoisotopic (exact) mass is 2040 g/mol. The van der Waals surface area contributed by atoms with Gasteiger partial charge in [-0.2, -0.15) is 0 Å². The Balaban J connectivity index is 0.000000150. The first kappa shape index (κ1) is 46.2. The normalized spacial score (nSPS) is 38.4. The van der Waals surface area contributed by atoms with Crippen LogP contribution in [0.4, 0.5) is 26.3 Å². The Labute approximate surface area is 931 Å². The maximum Gasteiger partial charge on any atom is 0.231 e. The van der Waals surface area contributed by atoms with Gasteiger partial charge in [-0.3, -0.25) is 0 Å². The summed E-state index contributed by atoms with van der Waals surface area (Å²) in [6.07, 6.45) is -18.3. The van der Waals surface area contributed by atoms with Crippen molar-refractivity contribution in [3.63, 3.8) is 0 Å². The molecular formula is C114H120F6N6O18. The van der Waals surface area contributed by atoms with Crippen LogP contribution in [0.15, 0.2) is 254 Å². The maximum absolute atomic E-state index is 14.2. The molecule has 12 heterocycles. The van der Waals surface area contributed by atoms with E-state index in [0.717, 1.165) is 18.2 Å². The van der Waals surface area contributed by atoms with Gasteiger partial charge in [0.15, 0.2) is 69.0 Å². The summed E-state index contributed by atoms with van der Waals surface area (Å²) in [7, 11) is 0. The topological polar surface area (TPSA) is 238 Å². The van der Waals surface area contributed by atoms with Gasteiger partial charge in [0.05, 0.1) is 77.9 Å². The number of nitrogens with one attached hydrogen (secondary N) is 6. The largest absolute Gasteiger partial charge is 0.493 e. The molecule has 6 unspecified atom stereocenters. The second-order valence-electron chi connectivity index (χ2n) is 30.5. The molecule has 12 aliphatic heterocycles. The number of halogens is 6. The lowest BCUT2D eigenvalue weighted by atomic mass is 9.81. The highest BCUT2D eigenvalue weighted by molar-refractivity contribution is 5.52. The summed E-state index contributed by atoms with van der Waals surface area (Å²) in [6.45, 7) is -42.5. The zero-order valence-electron chi connectivity index (χ0n) is 143.